The zero-order chi connectivity index (χ0) is 8.43. The van der Waals surface area contributed by atoms with Crippen LogP contribution in [0.1, 0.15) is 22.8 Å². The normalized spacial score (nSPS) is 9.73. The first-order valence-electron chi connectivity index (χ1n) is 3.24. The van der Waals surface area contributed by atoms with E-state index >= 15 is 0 Å². The third-order valence-electron chi connectivity index (χ3n) is 1.53. The van der Waals surface area contributed by atoms with Crippen LogP contribution < -0.4 is 0 Å². The number of Topliss-reactive ketones (excluding diaryl/α,β-unsaturated/α-hetero) is 1. The summed E-state index contributed by atoms with van der Waals surface area (Å²) in [6, 6.07) is 0. The van der Waals surface area contributed by atoms with Crippen molar-refractivity contribution in [3.8, 4) is 0 Å². The maximum Gasteiger partial charge on any atom is 0.161 e. The highest BCUT2D eigenvalue weighted by Gasteiger charge is 2.05. The molecule has 0 saturated carbocycles. The summed E-state index contributed by atoms with van der Waals surface area (Å²) in [6.45, 7) is 3.43. The number of halogens is 1. The van der Waals surface area contributed by atoms with E-state index in [0.717, 1.165) is 10.0 Å². The Kier molecular flexibility index (Phi) is 2.39. The van der Waals surface area contributed by atoms with Gasteiger partial charge in [0.25, 0.3) is 0 Å². The number of rotatable bonds is 1. The Morgan fingerprint density at radius 3 is 2.64 bits per heavy atom. The quantitative estimate of drug-likeness (QED) is 0.671. The van der Waals surface area contributed by atoms with Gasteiger partial charge in [0, 0.05) is 22.4 Å². The molecule has 11 heavy (non-hydrogen) atoms. The van der Waals surface area contributed by atoms with Gasteiger partial charge in [-0.1, -0.05) is 0 Å². The first kappa shape index (κ1) is 8.40. The van der Waals surface area contributed by atoms with Crippen molar-refractivity contribution in [3.05, 3.63) is 28.0 Å². The van der Waals surface area contributed by atoms with Gasteiger partial charge in [-0.2, -0.15) is 0 Å². The molecule has 0 aromatic carbocycles. The second-order valence-electron chi connectivity index (χ2n) is 2.35. The molecule has 0 N–H and O–H groups in total. The molecule has 1 aromatic heterocycles. The number of pyridine rings is 1. The summed E-state index contributed by atoms with van der Waals surface area (Å²) in [5.41, 5.74) is 1.63. The molecule has 0 fully saturated rings. The van der Waals surface area contributed by atoms with Crippen molar-refractivity contribution in [1.29, 1.82) is 0 Å². The van der Waals surface area contributed by atoms with Crippen LogP contribution in [0, 0.1) is 6.92 Å². The molecule has 0 bridgehead atoms. The number of ketones is 1. The van der Waals surface area contributed by atoms with Gasteiger partial charge in [-0.3, -0.25) is 9.78 Å². The zero-order valence-corrected chi connectivity index (χ0v) is 7.97. The van der Waals surface area contributed by atoms with Gasteiger partial charge in [0.05, 0.1) is 0 Å². The lowest BCUT2D eigenvalue weighted by Crippen LogP contribution is -1.97. The maximum atomic E-state index is 11.0. The van der Waals surface area contributed by atoms with Gasteiger partial charge < -0.3 is 0 Å². The van der Waals surface area contributed by atoms with Gasteiger partial charge in [-0.05, 0) is 35.3 Å². The van der Waals surface area contributed by atoms with E-state index in [1.165, 1.54) is 6.92 Å². The van der Waals surface area contributed by atoms with Crippen LogP contribution in [0.15, 0.2) is 16.9 Å². The third-order valence-corrected chi connectivity index (χ3v) is 2.33. The van der Waals surface area contributed by atoms with Crippen LogP contribution in [-0.2, 0) is 0 Å². The van der Waals surface area contributed by atoms with E-state index in [-0.39, 0.29) is 5.78 Å². The van der Waals surface area contributed by atoms with E-state index in [0.29, 0.717) is 5.56 Å². The third kappa shape index (κ3) is 1.66. The molecule has 1 heterocycles. The summed E-state index contributed by atoms with van der Waals surface area (Å²) in [7, 11) is 0. The van der Waals surface area contributed by atoms with Crippen LogP contribution in [0.3, 0.4) is 0 Å². The van der Waals surface area contributed by atoms with Gasteiger partial charge in [-0.25, -0.2) is 0 Å². The fourth-order valence-corrected chi connectivity index (χ4v) is 1.19. The van der Waals surface area contributed by atoms with Gasteiger partial charge >= 0.3 is 0 Å². The summed E-state index contributed by atoms with van der Waals surface area (Å²) in [4.78, 5) is 14.9. The highest BCUT2D eigenvalue weighted by atomic mass is 79.9. The molecule has 1 rings (SSSR count). The van der Waals surface area contributed by atoms with Crippen molar-refractivity contribution < 1.29 is 4.79 Å². The molecule has 0 radical (unpaired) electrons. The van der Waals surface area contributed by atoms with Crippen molar-refractivity contribution in [1.82, 2.24) is 4.98 Å². The summed E-state index contributed by atoms with van der Waals surface area (Å²) >= 11 is 3.30. The van der Waals surface area contributed by atoms with Crippen LogP contribution in [-0.4, -0.2) is 10.8 Å². The van der Waals surface area contributed by atoms with Crippen LogP contribution in [0.5, 0.6) is 0 Å². The van der Waals surface area contributed by atoms with E-state index in [1.54, 1.807) is 12.4 Å². The number of aromatic nitrogens is 1. The lowest BCUT2D eigenvalue weighted by atomic mass is 10.1. The molecule has 0 aliphatic heterocycles. The van der Waals surface area contributed by atoms with E-state index in [4.69, 9.17) is 0 Å². The second kappa shape index (κ2) is 3.13. The molecule has 0 saturated heterocycles. The first-order valence-corrected chi connectivity index (χ1v) is 4.03. The summed E-state index contributed by atoms with van der Waals surface area (Å²) in [5.74, 6) is 0.0521. The minimum Gasteiger partial charge on any atom is -0.294 e. The Labute approximate surface area is 73.8 Å². The molecule has 58 valence electrons. The Hall–Kier alpha value is -0.700. The highest BCUT2D eigenvalue weighted by molar-refractivity contribution is 9.10. The van der Waals surface area contributed by atoms with Crippen LogP contribution in [0.4, 0.5) is 0 Å². The Balaban J connectivity index is 3.27. The molecule has 0 aliphatic rings. The largest absolute Gasteiger partial charge is 0.294 e. The summed E-state index contributed by atoms with van der Waals surface area (Å²) in [6.07, 6.45) is 3.27. The Morgan fingerprint density at radius 1 is 1.55 bits per heavy atom. The maximum absolute atomic E-state index is 11.0. The van der Waals surface area contributed by atoms with Crippen molar-refractivity contribution in [3.63, 3.8) is 0 Å². The van der Waals surface area contributed by atoms with Crippen LogP contribution in [0.25, 0.3) is 0 Å². The highest BCUT2D eigenvalue weighted by Crippen LogP contribution is 2.17. The smallest absolute Gasteiger partial charge is 0.161 e. The van der Waals surface area contributed by atoms with Crippen molar-refractivity contribution >= 4 is 21.7 Å². The van der Waals surface area contributed by atoms with Gasteiger partial charge in [0.2, 0.25) is 0 Å². The topological polar surface area (TPSA) is 30.0 Å². The molecular formula is C8H8BrNO. The number of carbonyl (C=O) groups excluding carboxylic acids is 1. The number of carbonyl (C=O) groups is 1. The van der Waals surface area contributed by atoms with Crippen LogP contribution in [0.2, 0.25) is 0 Å². The van der Waals surface area contributed by atoms with E-state index < -0.39 is 0 Å². The van der Waals surface area contributed by atoms with Gasteiger partial charge in [-0.15, -0.1) is 0 Å². The van der Waals surface area contributed by atoms with Crippen molar-refractivity contribution in [2.24, 2.45) is 0 Å². The SMILES string of the molecule is CC(=O)c1cncc(Br)c1C. The molecule has 0 unspecified atom stereocenters. The van der Waals surface area contributed by atoms with Gasteiger partial charge in [0.15, 0.2) is 5.78 Å². The lowest BCUT2D eigenvalue weighted by molar-refractivity contribution is 0.101. The predicted octanol–water partition coefficient (Wildman–Crippen LogP) is 2.36. The molecule has 0 aliphatic carbocycles. The zero-order valence-electron chi connectivity index (χ0n) is 6.39. The average molecular weight is 214 g/mol. The fourth-order valence-electron chi connectivity index (χ4n) is 0.854. The average Bonchev–Trinajstić information content (AvgIpc) is 1.94. The predicted molar refractivity (Wildman–Crippen MR) is 46.7 cm³/mol. The number of hydrogen-bond donors (Lipinski definition) is 0. The van der Waals surface area contributed by atoms with Crippen LogP contribution >= 0.6 is 15.9 Å². The van der Waals surface area contributed by atoms with E-state index in [9.17, 15) is 4.79 Å². The van der Waals surface area contributed by atoms with E-state index in [2.05, 4.69) is 20.9 Å². The molecule has 0 amide bonds. The number of nitrogens with zero attached hydrogens (tertiary/aromatic N) is 1. The van der Waals surface area contributed by atoms with Crippen molar-refractivity contribution in [2.75, 3.05) is 0 Å². The standard InChI is InChI=1S/C8H8BrNO/c1-5-7(6(2)11)3-10-4-8(5)9/h3-4H,1-2H3. The molecular weight excluding hydrogens is 206 g/mol. The minimum absolute atomic E-state index is 0.0521. The first-order chi connectivity index (χ1) is 5.13. The molecule has 1 aromatic rings. The van der Waals surface area contributed by atoms with E-state index in [1.807, 2.05) is 6.92 Å². The lowest BCUT2D eigenvalue weighted by Gasteiger charge is -2.01. The summed E-state index contributed by atoms with van der Waals surface area (Å²) in [5, 5.41) is 0. The number of hydrogen-bond acceptors (Lipinski definition) is 2. The monoisotopic (exact) mass is 213 g/mol. The van der Waals surface area contributed by atoms with Crippen molar-refractivity contribution in [2.45, 2.75) is 13.8 Å². The Morgan fingerprint density at radius 2 is 2.18 bits per heavy atom. The Bertz CT molecular complexity index is 296. The molecule has 3 heteroatoms. The van der Waals surface area contributed by atoms with Gasteiger partial charge in [0.1, 0.15) is 0 Å². The molecule has 2 nitrogen and oxygen atoms in total. The molecule has 0 spiro atoms. The fraction of sp³-hybridized carbons (Fsp3) is 0.250. The second-order valence-corrected chi connectivity index (χ2v) is 3.20. The summed E-state index contributed by atoms with van der Waals surface area (Å²) < 4.78 is 0.880. The molecule has 0 atom stereocenters. The minimum atomic E-state index is 0.0521.